The van der Waals surface area contributed by atoms with Crippen molar-refractivity contribution >= 4 is 17.9 Å². The zero-order chi connectivity index (χ0) is 13.7. The SMILES string of the molecule is NC(=NN=Cc1ccc([N+](=O)[O-])o1)c1ccccc1. The van der Waals surface area contributed by atoms with Crippen molar-refractivity contribution in [2.75, 3.05) is 0 Å². The van der Waals surface area contributed by atoms with E-state index in [2.05, 4.69) is 10.2 Å². The van der Waals surface area contributed by atoms with Crippen molar-refractivity contribution in [3.05, 3.63) is 63.9 Å². The van der Waals surface area contributed by atoms with Crippen LogP contribution in [0.1, 0.15) is 11.3 Å². The first-order chi connectivity index (χ1) is 9.16. The average molecular weight is 258 g/mol. The summed E-state index contributed by atoms with van der Waals surface area (Å²) in [6, 6.07) is 11.8. The van der Waals surface area contributed by atoms with Crippen LogP contribution in [-0.2, 0) is 0 Å². The number of benzene rings is 1. The number of nitrogens with zero attached hydrogens (tertiary/aromatic N) is 3. The molecule has 0 fully saturated rings. The van der Waals surface area contributed by atoms with Crippen LogP contribution < -0.4 is 5.73 Å². The molecular formula is C12H10N4O3. The second-order valence-corrected chi connectivity index (χ2v) is 3.53. The summed E-state index contributed by atoms with van der Waals surface area (Å²) in [6.45, 7) is 0. The third-order valence-electron chi connectivity index (χ3n) is 2.21. The van der Waals surface area contributed by atoms with Crippen LogP contribution in [0.25, 0.3) is 0 Å². The lowest BCUT2D eigenvalue weighted by Gasteiger charge is -1.95. The number of rotatable bonds is 4. The van der Waals surface area contributed by atoms with E-state index in [4.69, 9.17) is 10.2 Å². The molecule has 0 radical (unpaired) electrons. The summed E-state index contributed by atoms with van der Waals surface area (Å²) in [7, 11) is 0. The summed E-state index contributed by atoms with van der Waals surface area (Å²) >= 11 is 0. The molecule has 0 atom stereocenters. The zero-order valence-electron chi connectivity index (χ0n) is 9.76. The second-order valence-electron chi connectivity index (χ2n) is 3.53. The highest BCUT2D eigenvalue weighted by molar-refractivity contribution is 5.97. The van der Waals surface area contributed by atoms with Crippen LogP contribution in [-0.4, -0.2) is 17.0 Å². The van der Waals surface area contributed by atoms with Gasteiger partial charge in [0.2, 0.25) is 0 Å². The summed E-state index contributed by atoms with van der Waals surface area (Å²) in [5, 5.41) is 17.9. The van der Waals surface area contributed by atoms with E-state index in [0.717, 1.165) is 5.56 Å². The summed E-state index contributed by atoms with van der Waals surface area (Å²) in [4.78, 5) is 9.77. The Labute approximate surface area is 108 Å². The molecule has 0 spiro atoms. The van der Waals surface area contributed by atoms with Crippen molar-refractivity contribution in [1.29, 1.82) is 0 Å². The number of amidine groups is 1. The first-order valence-electron chi connectivity index (χ1n) is 5.33. The van der Waals surface area contributed by atoms with Gasteiger partial charge in [-0.05, 0) is 6.07 Å². The number of hydrogen-bond acceptors (Lipinski definition) is 5. The molecule has 0 unspecified atom stereocenters. The molecule has 1 aromatic heterocycles. The molecule has 7 nitrogen and oxygen atoms in total. The Morgan fingerprint density at radius 1 is 1.26 bits per heavy atom. The van der Waals surface area contributed by atoms with Crippen LogP contribution in [0.15, 0.2) is 57.1 Å². The second kappa shape index (κ2) is 5.58. The number of hydrogen-bond donors (Lipinski definition) is 1. The zero-order valence-corrected chi connectivity index (χ0v) is 9.76. The minimum atomic E-state index is -0.626. The monoisotopic (exact) mass is 258 g/mol. The summed E-state index contributed by atoms with van der Waals surface area (Å²) in [6.07, 6.45) is 1.25. The quantitative estimate of drug-likeness (QED) is 0.391. The maximum absolute atomic E-state index is 10.4. The van der Waals surface area contributed by atoms with Crippen molar-refractivity contribution in [2.45, 2.75) is 0 Å². The Morgan fingerprint density at radius 2 is 2.00 bits per heavy atom. The van der Waals surface area contributed by atoms with E-state index in [1.807, 2.05) is 18.2 Å². The Hall–Kier alpha value is -2.96. The highest BCUT2D eigenvalue weighted by atomic mass is 16.6. The van der Waals surface area contributed by atoms with E-state index < -0.39 is 4.92 Å². The van der Waals surface area contributed by atoms with E-state index in [1.165, 1.54) is 18.3 Å². The minimum absolute atomic E-state index is 0.233. The molecule has 2 aromatic rings. The summed E-state index contributed by atoms with van der Waals surface area (Å²) in [5.74, 6) is 0.135. The molecule has 0 amide bonds. The van der Waals surface area contributed by atoms with Gasteiger partial charge in [-0.3, -0.25) is 10.1 Å². The third kappa shape index (κ3) is 3.25. The highest BCUT2D eigenvalue weighted by Gasteiger charge is 2.09. The van der Waals surface area contributed by atoms with Gasteiger partial charge in [0.1, 0.15) is 4.92 Å². The normalized spacial score (nSPS) is 11.9. The van der Waals surface area contributed by atoms with E-state index in [9.17, 15) is 10.1 Å². The number of furan rings is 1. The molecule has 2 N–H and O–H groups in total. The van der Waals surface area contributed by atoms with Crippen molar-refractivity contribution in [1.82, 2.24) is 0 Å². The molecule has 0 aliphatic heterocycles. The summed E-state index contributed by atoms with van der Waals surface area (Å²) < 4.78 is 4.87. The van der Waals surface area contributed by atoms with Gasteiger partial charge in [-0.1, -0.05) is 30.3 Å². The first kappa shape index (κ1) is 12.5. The van der Waals surface area contributed by atoms with Gasteiger partial charge >= 0.3 is 5.88 Å². The van der Waals surface area contributed by atoms with Gasteiger partial charge in [0, 0.05) is 5.56 Å². The predicted octanol–water partition coefficient (Wildman–Crippen LogP) is 1.93. The molecular weight excluding hydrogens is 248 g/mol. The smallest absolute Gasteiger partial charge is 0.400 e. The Kier molecular flexibility index (Phi) is 3.67. The lowest BCUT2D eigenvalue weighted by molar-refractivity contribution is -0.402. The van der Waals surface area contributed by atoms with E-state index >= 15 is 0 Å². The molecule has 0 bridgehead atoms. The molecule has 19 heavy (non-hydrogen) atoms. The molecule has 0 aliphatic carbocycles. The van der Waals surface area contributed by atoms with E-state index in [-0.39, 0.29) is 17.5 Å². The van der Waals surface area contributed by atoms with Gasteiger partial charge < -0.3 is 10.2 Å². The minimum Gasteiger partial charge on any atom is -0.400 e. The van der Waals surface area contributed by atoms with Gasteiger partial charge in [-0.15, -0.1) is 5.10 Å². The standard InChI is InChI=1S/C12H10N4O3/c13-12(9-4-2-1-3-5-9)15-14-8-10-6-7-11(19-10)16(17)18/h1-8H,(H2,13,15). The Morgan fingerprint density at radius 3 is 2.63 bits per heavy atom. The molecule has 0 saturated carbocycles. The topological polar surface area (TPSA) is 107 Å². The maximum atomic E-state index is 10.4. The third-order valence-corrected chi connectivity index (χ3v) is 2.21. The molecule has 1 heterocycles. The predicted molar refractivity (Wildman–Crippen MR) is 70.1 cm³/mol. The summed E-state index contributed by atoms with van der Waals surface area (Å²) in [5.41, 5.74) is 6.45. The Balaban J connectivity index is 2.08. The van der Waals surface area contributed by atoms with Crippen LogP contribution in [0, 0.1) is 10.1 Å². The number of nitro groups is 1. The first-order valence-corrected chi connectivity index (χ1v) is 5.33. The lowest BCUT2D eigenvalue weighted by atomic mass is 10.2. The lowest BCUT2D eigenvalue weighted by Crippen LogP contribution is -2.12. The van der Waals surface area contributed by atoms with Crippen LogP contribution >= 0.6 is 0 Å². The Bertz CT molecular complexity index is 631. The number of nitrogens with two attached hydrogens (primary N) is 1. The fourth-order valence-corrected chi connectivity index (χ4v) is 1.32. The van der Waals surface area contributed by atoms with Gasteiger partial charge in [-0.2, -0.15) is 5.10 Å². The van der Waals surface area contributed by atoms with Crippen molar-refractivity contribution in [3.8, 4) is 0 Å². The van der Waals surface area contributed by atoms with Crippen LogP contribution in [0.2, 0.25) is 0 Å². The fourth-order valence-electron chi connectivity index (χ4n) is 1.32. The van der Waals surface area contributed by atoms with E-state index in [1.54, 1.807) is 12.1 Å². The van der Waals surface area contributed by atoms with Gasteiger partial charge in [-0.25, -0.2) is 0 Å². The highest BCUT2D eigenvalue weighted by Crippen LogP contribution is 2.13. The largest absolute Gasteiger partial charge is 0.433 e. The molecule has 2 rings (SSSR count). The van der Waals surface area contributed by atoms with Gasteiger partial charge in [0.05, 0.1) is 12.3 Å². The van der Waals surface area contributed by atoms with Crippen LogP contribution in [0.4, 0.5) is 5.88 Å². The molecule has 0 aliphatic rings. The van der Waals surface area contributed by atoms with Gasteiger partial charge in [0.15, 0.2) is 11.6 Å². The molecule has 0 saturated heterocycles. The molecule has 7 heteroatoms. The van der Waals surface area contributed by atoms with Crippen molar-refractivity contribution < 1.29 is 9.34 Å². The average Bonchev–Trinajstić information content (AvgIpc) is 2.89. The van der Waals surface area contributed by atoms with Crippen molar-refractivity contribution in [3.63, 3.8) is 0 Å². The maximum Gasteiger partial charge on any atom is 0.433 e. The van der Waals surface area contributed by atoms with Crippen LogP contribution in [0.5, 0.6) is 0 Å². The molecule has 96 valence electrons. The fraction of sp³-hybridized carbons (Fsp3) is 0. The van der Waals surface area contributed by atoms with E-state index in [0.29, 0.717) is 0 Å². The van der Waals surface area contributed by atoms with Gasteiger partial charge in [0.25, 0.3) is 0 Å². The van der Waals surface area contributed by atoms with Crippen molar-refractivity contribution in [2.24, 2.45) is 15.9 Å². The van der Waals surface area contributed by atoms with Crippen LogP contribution in [0.3, 0.4) is 0 Å². The molecule has 1 aromatic carbocycles.